The van der Waals surface area contributed by atoms with Crippen LogP contribution < -0.4 is 0 Å². The highest BCUT2D eigenvalue weighted by Crippen LogP contribution is 2.41. The van der Waals surface area contributed by atoms with Crippen LogP contribution in [0, 0.1) is 0 Å². The van der Waals surface area contributed by atoms with Crippen molar-refractivity contribution < 1.29 is 4.79 Å². The molecule has 0 unspecified atom stereocenters. The van der Waals surface area contributed by atoms with Crippen LogP contribution in [-0.4, -0.2) is 43.4 Å². The smallest absolute Gasteiger partial charge is 0.233 e. The van der Waals surface area contributed by atoms with E-state index in [-0.39, 0.29) is 5.91 Å². The lowest BCUT2D eigenvalue weighted by atomic mass is 10.2. The maximum Gasteiger partial charge on any atom is 0.233 e. The number of carbonyl (C=O) groups is 1. The predicted octanol–water partition coefficient (Wildman–Crippen LogP) is 4.14. The molecule has 9 heteroatoms. The molecule has 140 valence electrons. The van der Waals surface area contributed by atoms with E-state index in [0.717, 1.165) is 38.6 Å². The number of pyridine rings is 1. The fraction of sp³-hybridized carbons (Fsp3) is 0.333. The van der Waals surface area contributed by atoms with Crippen molar-refractivity contribution in [1.82, 2.24) is 24.6 Å². The van der Waals surface area contributed by atoms with Gasteiger partial charge in [-0.3, -0.25) is 14.3 Å². The van der Waals surface area contributed by atoms with Gasteiger partial charge in [-0.05, 0) is 37.1 Å². The third-order valence-corrected chi connectivity index (χ3v) is 6.43. The molecule has 1 aliphatic carbocycles. The van der Waals surface area contributed by atoms with E-state index < -0.39 is 0 Å². The Bertz CT molecular complexity index is 938. The van der Waals surface area contributed by atoms with Crippen molar-refractivity contribution in [3.05, 3.63) is 45.9 Å². The van der Waals surface area contributed by atoms with Gasteiger partial charge in [0.25, 0.3) is 0 Å². The maximum atomic E-state index is 12.5. The van der Waals surface area contributed by atoms with Gasteiger partial charge in [-0.15, -0.1) is 21.5 Å². The largest absolute Gasteiger partial charge is 0.340 e. The second-order valence-electron chi connectivity index (χ2n) is 6.39. The molecule has 1 fully saturated rings. The molecule has 1 saturated carbocycles. The van der Waals surface area contributed by atoms with E-state index >= 15 is 0 Å². The molecule has 6 nitrogen and oxygen atoms in total. The van der Waals surface area contributed by atoms with Gasteiger partial charge in [-0.2, -0.15) is 0 Å². The third kappa shape index (κ3) is 4.34. The number of amides is 1. The first-order valence-electron chi connectivity index (χ1n) is 8.58. The van der Waals surface area contributed by atoms with Crippen LogP contribution in [0.15, 0.2) is 41.8 Å². The van der Waals surface area contributed by atoms with Crippen LogP contribution >= 0.6 is 34.7 Å². The summed E-state index contributed by atoms with van der Waals surface area (Å²) in [6, 6.07) is 8.10. The fourth-order valence-corrected chi connectivity index (χ4v) is 4.82. The summed E-state index contributed by atoms with van der Waals surface area (Å²) in [4.78, 5) is 19.4. The molecular weight excluding hydrogens is 402 g/mol. The molecule has 0 N–H and O–H groups in total. The molecule has 4 rings (SSSR count). The van der Waals surface area contributed by atoms with E-state index in [1.165, 1.54) is 23.1 Å². The van der Waals surface area contributed by atoms with Crippen LogP contribution in [0.1, 0.15) is 23.8 Å². The molecule has 3 aromatic rings. The highest BCUT2D eigenvalue weighted by Gasteiger charge is 2.30. The normalized spacial score (nSPS) is 13.7. The summed E-state index contributed by atoms with van der Waals surface area (Å²) in [5.74, 6) is 1.23. The summed E-state index contributed by atoms with van der Waals surface area (Å²) in [6.45, 7) is 0.564. The van der Waals surface area contributed by atoms with Crippen molar-refractivity contribution in [2.75, 3.05) is 12.8 Å². The third-order valence-electron chi connectivity index (χ3n) is 4.29. The molecule has 0 aliphatic heterocycles. The lowest BCUT2D eigenvalue weighted by molar-refractivity contribution is -0.127. The molecule has 3 aromatic heterocycles. The lowest BCUT2D eigenvalue weighted by Gasteiger charge is -2.16. The Labute approximate surface area is 170 Å². The molecule has 0 saturated heterocycles. The van der Waals surface area contributed by atoms with Crippen molar-refractivity contribution in [2.24, 2.45) is 0 Å². The molecule has 0 bridgehead atoms. The zero-order valence-electron chi connectivity index (χ0n) is 14.7. The van der Waals surface area contributed by atoms with E-state index in [4.69, 9.17) is 11.6 Å². The Morgan fingerprint density at radius 2 is 2.07 bits per heavy atom. The minimum atomic E-state index is 0.0559. The Hall–Kier alpha value is -1.90. The van der Waals surface area contributed by atoms with Crippen molar-refractivity contribution in [3.63, 3.8) is 0 Å². The second-order valence-corrected chi connectivity index (χ2v) is 9.13. The number of thiophene rings is 1. The van der Waals surface area contributed by atoms with Gasteiger partial charge < -0.3 is 4.90 Å². The lowest BCUT2D eigenvalue weighted by Crippen LogP contribution is -2.27. The van der Waals surface area contributed by atoms with Gasteiger partial charge in [0, 0.05) is 35.9 Å². The highest BCUT2D eigenvalue weighted by molar-refractivity contribution is 7.99. The molecule has 0 radical (unpaired) electrons. The van der Waals surface area contributed by atoms with E-state index in [1.54, 1.807) is 17.3 Å². The molecular formula is C18H18ClN5OS2. The van der Waals surface area contributed by atoms with Crippen molar-refractivity contribution in [1.29, 1.82) is 0 Å². The Morgan fingerprint density at radius 1 is 1.30 bits per heavy atom. The molecule has 27 heavy (non-hydrogen) atoms. The number of thioether (sulfide) groups is 1. The SMILES string of the molecule is CN(Cc1ccc(Cl)s1)C(=O)CSc1nnc(-c2ccncc2)n1C1CC1. The summed E-state index contributed by atoms with van der Waals surface area (Å²) < 4.78 is 2.90. The standard InChI is InChI=1S/C18H18ClN5OS2/c1-23(10-14-4-5-15(19)27-14)16(25)11-26-18-22-21-17(24(18)13-2-3-13)12-6-8-20-9-7-12/h4-9,13H,2-3,10-11H2,1H3. The zero-order valence-corrected chi connectivity index (χ0v) is 17.1. The highest BCUT2D eigenvalue weighted by atomic mass is 35.5. The quantitative estimate of drug-likeness (QED) is 0.538. The Morgan fingerprint density at radius 3 is 2.74 bits per heavy atom. The minimum absolute atomic E-state index is 0.0559. The monoisotopic (exact) mass is 419 g/mol. The van der Waals surface area contributed by atoms with Gasteiger partial charge in [0.1, 0.15) is 0 Å². The number of hydrogen-bond acceptors (Lipinski definition) is 6. The average Bonchev–Trinajstić information content (AvgIpc) is 3.30. The summed E-state index contributed by atoms with van der Waals surface area (Å²) in [5.41, 5.74) is 0.995. The number of hydrogen-bond donors (Lipinski definition) is 0. The van der Waals surface area contributed by atoms with Crippen molar-refractivity contribution in [2.45, 2.75) is 30.6 Å². The van der Waals surface area contributed by atoms with Gasteiger partial charge in [0.05, 0.1) is 16.6 Å². The number of nitrogens with zero attached hydrogens (tertiary/aromatic N) is 5. The maximum absolute atomic E-state index is 12.5. The topological polar surface area (TPSA) is 63.9 Å². The van der Waals surface area contributed by atoms with Crippen LogP contribution in [0.2, 0.25) is 4.34 Å². The van der Waals surface area contributed by atoms with Gasteiger partial charge in [0.15, 0.2) is 11.0 Å². The van der Waals surface area contributed by atoms with Crippen LogP contribution in [0.4, 0.5) is 0 Å². The molecule has 0 spiro atoms. The zero-order chi connectivity index (χ0) is 18.8. The van der Waals surface area contributed by atoms with Gasteiger partial charge in [-0.1, -0.05) is 23.4 Å². The molecule has 0 atom stereocenters. The number of rotatable bonds is 7. The predicted molar refractivity (Wildman–Crippen MR) is 108 cm³/mol. The molecule has 3 heterocycles. The van der Waals surface area contributed by atoms with Crippen molar-refractivity contribution >= 4 is 40.6 Å². The average molecular weight is 420 g/mol. The first kappa shape index (κ1) is 18.5. The molecule has 0 aromatic carbocycles. The second kappa shape index (κ2) is 8.00. The molecule has 1 aliphatic rings. The number of aromatic nitrogens is 4. The first-order valence-corrected chi connectivity index (χ1v) is 10.8. The van der Waals surface area contributed by atoms with Crippen molar-refractivity contribution in [3.8, 4) is 11.4 Å². The van der Waals surface area contributed by atoms with Gasteiger partial charge in [0.2, 0.25) is 5.91 Å². The number of halogens is 1. The summed E-state index contributed by atoms with van der Waals surface area (Å²) in [5, 5.41) is 9.51. The first-order chi connectivity index (χ1) is 13.1. The van der Waals surface area contributed by atoms with Gasteiger partial charge in [-0.25, -0.2) is 0 Å². The molecule has 1 amide bonds. The Balaban J connectivity index is 1.43. The van der Waals surface area contributed by atoms with E-state index in [0.29, 0.717) is 18.3 Å². The van der Waals surface area contributed by atoms with E-state index in [2.05, 4.69) is 19.7 Å². The fourth-order valence-electron chi connectivity index (χ4n) is 2.73. The van der Waals surface area contributed by atoms with E-state index in [9.17, 15) is 4.79 Å². The summed E-state index contributed by atoms with van der Waals surface area (Å²) in [6.07, 6.45) is 5.75. The van der Waals surface area contributed by atoms with Crippen LogP contribution in [0.3, 0.4) is 0 Å². The van der Waals surface area contributed by atoms with Gasteiger partial charge >= 0.3 is 0 Å². The minimum Gasteiger partial charge on any atom is -0.340 e. The summed E-state index contributed by atoms with van der Waals surface area (Å²) >= 11 is 8.90. The van der Waals surface area contributed by atoms with E-state index in [1.807, 2.05) is 31.3 Å². The van der Waals surface area contributed by atoms with Crippen LogP contribution in [0.25, 0.3) is 11.4 Å². The van der Waals surface area contributed by atoms with Crippen LogP contribution in [-0.2, 0) is 11.3 Å². The van der Waals surface area contributed by atoms with Crippen LogP contribution in [0.5, 0.6) is 0 Å². The summed E-state index contributed by atoms with van der Waals surface area (Å²) in [7, 11) is 1.81. The Kier molecular flexibility index (Phi) is 5.47. The number of carbonyl (C=O) groups excluding carboxylic acids is 1.